The van der Waals surface area contributed by atoms with Crippen LogP contribution in [0.25, 0.3) is 0 Å². The Labute approximate surface area is 117 Å². The van der Waals surface area contributed by atoms with E-state index in [1.165, 1.54) is 0 Å². The van der Waals surface area contributed by atoms with Crippen molar-refractivity contribution < 1.29 is 14.7 Å². The minimum Gasteiger partial charge on any atom is -0.388 e. The van der Waals surface area contributed by atoms with E-state index in [1.54, 1.807) is 0 Å². The molecule has 1 atom stereocenters. The highest BCUT2D eigenvalue weighted by Crippen LogP contribution is 2.33. The monoisotopic (exact) mass is 286 g/mol. The molecule has 5 nitrogen and oxygen atoms in total. The fraction of sp³-hybridized carbons (Fsp3) is 0.846. The van der Waals surface area contributed by atoms with E-state index < -0.39 is 11.6 Å². The highest BCUT2D eigenvalue weighted by Gasteiger charge is 2.34. The fourth-order valence-corrected chi connectivity index (χ4v) is 3.48. The normalized spacial score (nSPS) is 34.9. The third-order valence-electron chi connectivity index (χ3n) is 4.19. The molecule has 0 aromatic rings. The van der Waals surface area contributed by atoms with Crippen LogP contribution in [0.1, 0.15) is 39.0 Å². The maximum absolute atomic E-state index is 11.8. The number of hydrogen-bond acceptors (Lipinski definition) is 4. The maximum Gasteiger partial charge on any atom is 0.279 e. The number of rotatable bonds is 4. The van der Waals surface area contributed by atoms with E-state index in [1.807, 2.05) is 0 Å². The van der Waals surface area contributed by atoms with E-state index in [-0.39, 0.29) is 11.1 Å². The first-order valence-electron chi connectivity index (χ1n) is 6.96. The molecule has 2 amide bonds. The molecule has 1 heterocycles. The lowest BCUT2D eigenvalue weighted by Crippen LogP contribution is -2.50. The SMILES string of the molecule is CCC1CCC(O)(CNC(=O)C2CSC(=O)N2)CC1. The Bertz CT molecular complexity index is 354. The third kappa shape index (κ3) is 3.86. The number of carbonyl (C=O) groups excluding carboxylic acids is 2. The Morgan fingerprint density at radius 2 is 2.21 bits per heavy atom. The third-order valence-corrected chi connectivity index (χ3v) is 5.07. The smallest absolute Gasteiger partial charge is 0.279 e. The van der Waals surface area contributed by atoms with Crippen LogP contribution in [0.2, 0.25) is 0 Å². The molecule has 2 fully saturated rings. The van der Waals surface area contributed by atoms with Gasteiger partial charge in [0, 0.05) is 12.3 Å². The predicted molar refractivity (Wildman–Crippen MR) is 75.0 cm³/mol. The van der Waals surface area contributed by atoms with Crippen LogP contribution >= 0.6 is 11.8 Å². The molecule has 6 heteroatoms. The van der Waals surface area contributed by atoms with Gasteiger partial charge in [0.1, 0.15) is 6.04 Å². The van der Waals surface area contributed by atoms with Crippen LogP contribution < -0.4 is 10.6 Å². The van der Waals surface area contributed by atoms with Crippen molar-refractivity contribution in [3.63, 3.8) is 0 Å². The molecule has 1 aliphatic heterocycles. The first-order valence-corrected chi connectivity index (χ1v) is 7.94. The van der Waals surface area contributed by atoms with E-state index in [9.17, 15) is 14.7 Å². The standard InChI is InChI=1S/C13H22N2O3S/c1-2-9-3-5-13(18,6-4-9)8-14-11(16)10-7-19-12(17)15-10/h9-10,18H,2-8H2,1H3,(H,14,16)(H,15,17). The topological polar surface area (TPSA) is 78.4 Å². The van der Waals surface area contributed by atoms with Gasteiger partial charge in [0.25, 0.3) is 5.24 Å². The van der Waals surface area contributed by atoms with Crippen molar-refractivity contribution in [2.24, 2.45) is 5.92 Å². The molecule has 1 aliphatic carbocycles. The highest BCUT2D eigenvalue weighted by molar-refractivity contribution is 8.14. The van der Waals surface area contributed by atoms with E-state index in [0.717, 1.165) is 43.9 Å². The number of nitrogens with one attached hydrogen (secondary N) is 2. The number of thioether (sulfide) groups is 1. The lowest BCUT2D eigenvalue weighted by molar-refractivity contribution is -0.124. The summed E-state index contributed by atoms with van der Waals surface area (Å²) >= 11 is 1.12. The number of hydrogen-bond donors (Lipinski definition) is 3. The number of carbonyl (C=O) groups is 2. The van der Waals surface area contributed by atoms with E-state index >= 15 is 0 Å². The lowest BCUT2D eigenvalue weighted by atomic mass is 9.78. The zero-order valence-electron chi connectivity index (χ0n) is 11.3. The Morgan fingerprint density at radius 3 is 2.74 bits per heavy atom. The molecule has 0 spiro atoms. The van der Waals surface area contributed by atoms with Crippen LogP contribution in [0.4, 0.5) is 4.79 Å². The molecule has 108 valence electrons. The minimum absolute atomic E-state index is 0.151. The predicted octanol–water partition coefficient (Wildman–Crippen LogP) is 1.26. The molecular weight excluding hydrogens is 264 g/mol. The molecule has 3 N–H and O–H groups in total. The summed E-state index contributed by atoms with van der Waals surface area (Å²) in [5.74, 6) is 0.993. The largest absolute Gasteiger partial charge is 0.388 e. The molecule has 1 saturated carbocycles. The average molecular weight is 286 g/mol. The first-order chi connectivity index (χ1) is 9.02. The zero-order chi connectivity index (χ0) is 13.9. The van der Waals surface area contributed by atoms with Crippen molar-refractivity contribution in [2.75, 3.05) is 12.3 Å². The van der Waals surface area contributed by atoms with Gasteiger partial charge in [-0.05, 0) is 31.6 Å². The Balaban J connectivity index is 1.75. The zero-order valence-corrected chi connectivity index (χ0v) is 12.1. The summed E-state index contributed by atoms with van der Waals surface area (Å²) in [6.45, 7) is 2.47. The van der Waals surface area contributed by atoms with Crippen LogP contribution in [0, 0.1) is 5.92 Å². The van der Waals surface area contributed by atoms with Crippen LogP contribution in [0.15, 0.2) is 0 Å². The van der Waals surface area contributed by atoms with Gasteiger partial charge in [-0.1, -0.05) is 25.1 Å². The van der Waals surface area contributed by atoms with Crippen LogP contribution in [-0.2, 0) is 4.79 Å². The molecule has 1 unspecified atom stereocenters. The molecule has 0 radical (unpaired) electrons. The Hall–Kier alpha value is -0.750. The fourth-order valence-electron chi connectivity index (χ4n) is 2.70. The van der Waals surface area contributed by atoms with Crippen molar-refractivity contribution >= 4 is 22.9 Å². The second kappa shape index (κ2) is 6.13. The Morgan fingerprint density at radius 1 is 1.53 bits per heavy atom. The summed E-state index contributed by atoms with van der Waals surface area (Å²) in [4.78, 5) is 22.9. The van der Waals surface area contributed by atoms with Crippen LogP contribution in [0.3, 0.4) is 0 Å². The van der Waals surface area contributed by atoms with Gasteiger partial charge in [0.05, 0.1) is 5.60 Å². The average Bonchev–Trinajstić information content (AvgIpc) is 2.84. The minimum atomic E-state index is -0.767. The molecule has 2 rings (SSSR count). The van der Waals surface area contributed by atoms with Crippen molar-refractivity contribution in [1.29, 1.82) is 0 Å². The van der Waals surface area contributed by atoms with E-state index in [4.69, 9.17) is 0 Å². The summed E-state index contributed by atoms with van der Waals surface area (Å²) in [6.07, 6.45) is 4.71. The van der Waals surface area contributed by atoms with E-state index in [2.05, 4.69) is 17.6 Å². The van der Waals surface area contributed by atoms with Crippen molar-refractivity contribution in [3.8, 4) is 0 Å². The summed E-state index contributed by atoms with van der Waals surface area (Å²) < 4.78 is 0. The van der Waals surface area contributed by atoms with Crippen molar-refractivity contribution in [3.05, 3.63) is 0 Å². The molecule has 0 bridgehead atoms. The van der Waals surface area contributed by atoms with Gasteiger partial charge in [-0.3, -0.25) is 9.59 Å². The first kappa shape index (κ1) is 14.7. The highest BCUT2D eigenvalue weighted by atomic mass is 32.2. The van der Waals surface area contributed by atoms with Crippen molar-refractivity contribution in [1.82, 2.24) is 10.6 Å². The Kier molecular flexibility index (Phi) is 4.73. The molecule has 0 aromatic heterocycles. The molecule has 19 heavy (non-hydrogen) atoms. The number of aliphatic hydroxyl groups is 1. The van der Waals surface area contributed by atoms with Gasteiger partial charge in [0.2, 0.25) is 5.91 Å². The number of amides is 2. The molecular formula is C13H22N2O3S. The van der Waals surface area contributed by atoms with Gasteiger partial charge in [-0.2, -0.15) is 0 Å². The lowest BCUT2D eigenvalue weighted by Gasteiger charge is -2.36. The summed E-state index contributed by atoms with van der Waals surface area (Å²) in [5, 5.41) is 15.6. The van der Waals surface area contributed by atoms with Gasteiger partial charge >= 0.3 is 0 Å². The molecule has 1 saturated heterocycles. The maximum atomic E-state index is 11.8. The second-order valence-corrected chi connectivity index (χ2v) is 6.58. The summed E-state index contributed by atoms with van der Waals surface area (Å²) in [6, 6.07) is -0.451. The van der Waals surface area contributed by atoms with Crippen molar-refractivity contribution in [2.45, 2.75) is 50.7 Å². The molecule has 2 aliphatic rings. The quantitative estimate of drug-likeness (QED) is 0.727. The summed E-state index contributed by atoms with van der Waals surface area (Å²) in [5.41, 5.74) is -0.767. The van der Waals surface area contributed by atoms with Gasteiger partial charge in [0.15, 0.2) is 0 Å². The van der Waals surface area contributed by atoms with Crippen LogP contribution in [-0.4, -0.2) is 40.2 Å². The summed E-state index contributed by atoms with van der Waals surface area (Å²) in [7, 11) is 0. The van der Waals surface area contributed by atoms with Gasteiger partial charge < -0.3 is 15.7 Å². The van der Waals surface area contributed by atoms with Crippen LogP contribution in [0.5, 0.6) is 0 Å². The van der Waals surface area contributed by atoms with Gasteiger partial charge in [-0.15, -0.1) is 0 Å². The van der Waals surface area contributed by atoms with Gasteiger partial charge in [-0.25, -0.2) is 0 Å². The molecule has 0 aromatic carbocycles. The second-order valence-electron chi connectivity index (χ2n) is 5.59. The van der Waals surface area contributed by atoms with E-state index in [0.29, 0.717) is 18.2 Å².